The highest BCUT2D eigenvalue weighted by Gasteiger charge is 2.43. The van der Waals surface area contributed by atoms with E-state index in [1.165, 1.54) is 4.88 Å². The summed E-state index contributed by atoms with van der Waals surface area (Å²) in [6.07, 6.45) is 2.54. The Morgan fingerprint density at radius 2 is 2.40 bits per heavy atom. The standard InChI is InChI=1S/C11H14O2S2/c12-10(13)6-11(3-4-11)8-14-7-9-2-1-5-15-9/h1-2,5H,3-4,6-8H2,(H,12,13). The third-order valence-electron chi connectivity index (χ3n) is 2.72. The van der Waals surface area contributed by atoms with E-state index < -0.39 is 5.97 Å². The summed E-state index contributed by atoms with van der Waals surface area (Å²) in [6.45, 7) is 0. The highest BCUT2D eigenvalue weighted by atomic mass is 32.2. The number of carboxylic acids is 1. The molecule has 0 unspecified atom stereocenters. The van der Waals surface area contributed by atoms with Gasteiger partial charge in [-0.15, -0.1) is 11.3 Å². The number of rotatable bonds is 6. The zero-order chi connectivity index (χ0) is 10.7. The Labute approximate surface area is 97.7 Å². The van der Waals surface area contributed by atoms with Crippen LogP contribution >= 0.6 is 23.1 Å². The van der Waals surface area contributed by atoms with Crippen LogP contribution in [-0.4, -0.2) is 16.8 Å². The van der Waals surface area contributed by atoms with E-state index in [1.54, 1.807) is 11.3 Å². The lowest BCUT2D eigenvalue weighted by atomic mass is 10.1. The molecule has 15 heavy (non-hydrogen) atoms. The maximum Gasteiger partial charge on any atom is 0.303 e. The fourth-order valence-electron chi connectivity index (χ4n) is 1.63. The van der Waals surface area contributed by atoms with Crippen LogP contribution in [-0.2, 0) is 10.5 Å². The fraction of sp³-hybridized carbons (Fsp3) is 0.545. The van der Waals surface area contributed by atoms with Crippen LogP contribution in [0.15, 0.2) is 17.5 Å². The van der Waals surface area contributed by atoms with Gasteiger partial charge in [0.15, 0.2) is 0 Å². The predicted octanol–water partition coefficient (Wildman–Crippen LogP) is 3.24. The summed E-state index contributed by atoms with van der Waals surface area (Å²) in [4.78, 5) is 12.0. The molecule has 0 amide bonds. The zero-order valence-electron chi connectivity index (χ0n) is 8.44. The lowest BCUT2D eigenvalue weighted by Crippen LogP contribution is -2.11. The Kier molecular flexibility index (Phi) is 3.36. The maximum atomic E-state index is 10.6. The number of thioether (sulfide) groups is 1. The van der Waals surface area contributed by atoms with Gasteiger partial charge in [0, 0.05) is 10.6 Å². The molecule has 2 rings (SSSR count). The summed E-state index contributed by atoms with van der Waals surface area (Å²) in [5.74, 6) is 1.38. The van der Waals surface area contributed by atoms with Crippen LogP contribution in [0.5, 0.6) is 0 Å². The summed E-state index contributed by atoms with van der Waals surface area (Å²) in [6, 6.07) is 4.19. The third kappa shape index (κ3) is 3.24. The molecular weight excluding hydrogens is 228 g/mol. The number of thiophene rings is 1. The Bertz CT molecular complexity index is 328. The Hall–Kier alpha value is -0.480. The zero-order valence-corrected chi connectivity index (χ0v) is 10.1. The molecular formula is C11H14O2S2. The molecule has 1 aromatic rings. The predicted molar refractivity (Wildman–Crippen MR) is 64.4 cm³/mol. The third-order valence-corrected chi connectivity index (χ3v) is 5.11. The molecule has 1 aliphatic carbocycles. The molecule has 82 valence electrons. The molecule has 0 atom stereocenters. The summed E-state index contributed by atoms with van der Waals surface area (Å²) in [5.41, 5.74) is 0.133. The summed E-state index contributed by atoms with van der Waals surface area (Å²) < 4.78 is 0. The molecule has 1 aliphatic rings. The molecule has 1 fully saturated rings. The second kappa shape index (κ2) is 4.58. The Morgan fingerprint density at radius 1 is 1.60 bits per heavy atom. The van der Waals surface area contributed by atoms with Gasteiger partial charge in [-0.05, 0) is 35.5 Å². The van der Waals surface area contributed by atoms with Crippen LogP contribution in [0, 0.1) is 5.41 Å². The van der Waals surface area contributed by atoms with Gasteiger partial charge in [0.2, 0.25) is 0 Å². The SMILES string of the molecule is O=C(O)CC1(CSCc2cccs2)CC1. The largest absolute Gasteiger partial charge is 0.481 e. The van der Waals surface area contributed by atoms with Gasteiger partial charge in [0.05, 0.1) is 6.42 Å². The fourth-order valence-corrected chi connectivity index (χ4v) is 3.87. The second-order valence-corrected chi connectivity index (χ2v) is 6.16. The van der Waals surface area contributed by atoms with Crippen molar-refractivity contribution in [3.05, 3.63) is 22.4 Å². The van der Waals surface area contributed by atoms with Gasteiger partial charge in [-0.25, -0.2) is 0 Å². The highest BCUT2D eigenvalue weighted by Crippen LogP contribution is 2.51. The molecule has 1 saturated carbocycles. The number of hydrogen-bond donors (Lipinski definition) is 1. The first-order valence-electron chi connectivity index (χ1n) is 5.02. The summed E-state index contributed by atoms with van der Waals surface area (Å²) in [7, 11) is 0. The van der Waals surface area contributed by atoms with Crippen LogP contribution in [0.25, 0.3) is 0 Å². The van der Waals surface area contributed by atoms with Crippen molar-refractivity contribution in [2.24, 2.45) is 5.41 Å². The van der Waals surface area contributed by atoms with Gasteiger partial charge >= 0.3 is 5.97 Å². The molecule has 2 nitrogen and oxygen atoms in total. The molecule has 0 aromatic carbocycles. The normalized spacial score (nSPS) is 17.6. The second-order valence-electron chi connectivity index (χ2n) is 4.14. The van der Waals surface area contributed by atoms with Gasteiger partial charge in [-0.2, -0.15) is 11.8 Å². The number of carbonyl (C=O) groups is 1. The summed E-state index contributed by atoms with van der Waals surface area (Å²) >= 11 is 3.64. The molecule has 0 spiro atoms. The monoisotopic (exact) mass is 242 g/mol. The van der Waals surface area contributed by atoms with Crippen molar-refractivity contribution in [2.45, 2.75) is 25.0 Å². The summed E-state index contributed by atoms with van der Waals surface area (Å²) in [5, 5.41) is 10.8. The van der Waals surface area contributed by atoms with E-state index in [-0.39, 0.29) is 5.41 Å². The van der Waals surface area contributed by atoms with E-state index in [2.05, 4.69) is 17.5 Å². The van der Waals surface area contributed by atoms with Gasteiger partial charge < -0.3 is 5.11 Å². The van der Waals surface area contributed by atoms with Crippen molar-refractivity contribution in [3.8, 4) is 0 Å². The van der Waals surface area contributed by atoms with Gasteiger partial charge in [-0.1, -0.05) is 6.07 Å². The molecule has 1 aromatic heterocycles. The van der Waals surface area contributed by atoms with Crippen molar-refractivity contribution < 1.29 is 9.90 Å². The minimum absolute atomic E-state index is 0.133. The molecule has 0 bridgehead atoms. The highest BCUT2D eigenvalue weighted by molar-refractivity contribution is 7.98. The maximum absolute atomic E-state index is 10.6. The van der Waals surface area contributed by atoms with Crippen molar-refractivity contribution in [3.63, 3.8) is 0 Å². The minimum Gasteiger partial charge on any atom is -0.481 e. The molecule has 1 N–H and O–H groups in total. The first-order chi connectivity index (χ1) is 7.20. The van der Waals surface area contributed by atoms with Crippen LogP contribution in [0.2, 0.25) is 0 Å². The average molecular weight is 242 g/mol. The van der Waals surface area contributed by atoms with Crippen molar-refractivity contribution in [2.75, 3.05) is 5.75 Å². The lowest BCUT2D eigenvalue weighted by Gasteiger charge is -2.10. The van der Waals surface area contributed by atoms with E-state index in [1.807, 2.05) is 11.8 Å². The van der Waals surface area contributed by atoms with Crippen molar-refractivity contribution >= 4 is 29.1 Å². The Morgan fingerprint density at radius 3 is 2.93 bits per heavy atom. The molecule has 4 heteroatoms. The molecule has 1 heterocycles. The lowest BCUT2D eigenvalue weighted by molar-refractivity contribution is -0.138. The molecule has 0 aliphatic heterocycles. The van der Waals surface area contributed by atoms with Gasteiger partial charge in [-0.3, -0.25) is 4.79 Å². The first kappa shape index (κ1) is 11.0. The van der Waals surface area contributed by atoms with Gasteiger partial charge in [0.25, 0.3) is 0 Å². The number of carboxylic acid groups (broad SMARTS) is 1. The quantitative estimate of drug-likeness (QED) is 0.832. The molecule has 0 saturated heterocycles. The number of aliphatic carboxylic acids is 1. The van der Waals surface area contributed by atoms with Crippen LogP contribution in [0.4, 0.5) is 0 Å². The smallest absolute Gasteiger partial charge is 0.303 e. The van der Waals surface area contributed by atoms with E-state index in [4.69, 9.17) is 5.11 Å². The minimum atomic E-state index is -0.649. The van der Waals surface area contributed by atoms with Crippen LogP contribution < -0.4 is 0 Å². The van der Waals surface area contributed by atoms with Crippen molar-refractivity contribution in [1.29, 1.82) is 0 Å². The van der Waals surface area contributed by atoms with E-state index in [0.717, 1.165) is 24.3 Å². The van der Waals surface area contributed by atoms with E-state index in [9.17, 15) is 4.79 Å². The van der Waals surface area contributed by atoms with Crippen LogP contribution in [0.1, 0.15) is 24.1 Å². The van der Waals surface area contributed by atoms with Crippen LogP contribution in [0.3, 0.4) is 0 Å². The number of hydrogen-bond acceptors (Lipinski definition) is 3. The topological polar surface area (TPSA) is 37.3 Å². The Balaban J connectivity index is 1.72. The first-order valence-corrected chi connectivity index (χ1v) is 7.06. The van der Waals surface area contributed by atoms with Gasteiger partial charge in [0.1, 0.15) is 0 Å². The van der Waals surface area contributed by atoms with Crippen molar-refractivity contribution in [1.82, 2.24) is 0 Å². The average Bonchev–Trinajstić information content (AvgIpc) is 2.74. The van der Waals surface area contributed by atoms with E-state index >= 15 is 0 Å². The molecule has 0 radical (unpaired) electrons. The van der Waals surface area contributed by atoms with E-state index in [0.29, 0.717) is 6.42 Å².